The molecule has 0 amide bonds. The zero-order chi connectivity index (χ0) is 8.55. The van der Waals surface area contributed by atoms with Crippen LogP contribution < -0.4 is 0 Å². The lowest BCUT2D eigenvalue weighted by Crippen LogP contribution is -2.16. The zero-order valence-electron chi connectivity index (χ0n) is 7.08. The van der Waals surface area contributed by atoms with Crippen molar-refractivity contribution in [2.75, 3.05) is 6.61 Å². The predicted octanol–water partition coefficient (Wildman–Crippen LogP) is 1.24. The summed E-state index contributed by atoms with van der Waals surface area (Å²) in [6.07, 6.45) is 3.55. The third kappa shape index (κ3) is 1.37. The third-order valence-corrected chi connectivity index (χ3v) is 2.15. The highest BCUT2D eigenvalue weighted by atomic mass is 16.7. The Kier molecular flexibility index (Phi) is 1.89. The maximum atomic E-state index is 10.9. The summed E-state index contributed by atoms with van der Waals surface area (Å²) in [6, 6.07) is 0. The van der Waals surface area contributed by atoms with Crippen molar-refractivity contribution >= 4 is 5.97 Å². The summed E-state index contributed by atoms with van der Waals surface area (Å²) in [5, 5.41) is 0. The van der Waals surface area contributed by atoms with Gasteiger partial charge < -0.3 is 9.47 Å². The molecule has 3 nitrogen and oxygen atoms in total. The fourth-order valence-corrected chi connectivity index (χ4v) is 1.42. The Morgan fingerprint density at radius 1 is 1.67 bits per heavy atom. The van der Waals surface area contributed by atoms with Gasteiger partial charge in [0.25, 0.3) is 0 Å². The second-order valence-electron chi connectivity index (χ2n) is 3.14. The fourth-order valence-electron chi connectivity index (χ4n) is 1.42. The number of carbonyl (C=O) groups excluding carboxylic acids is 1. The highest BCUT2D eigenvalue weighted by molar-refractivity contribution is 5.85. The minimum atomic E-state index is -0.380. The van der Waals surface area contributed by atoms with Crippen LogP contribution >= 0.6 is 0 Å². The molecule has 12 heavy (non-hydrogen) atoms. The topological polar surface area (TPSA) is 35.5 Å². The summed E-state index contributed by atoms with van der Waals surface area (Å²) >= 11 is 0. The van der Waals surface area contributed by atoms with Crippen LogP contribution in [0.3, 0.4) is 0 Å². The molecule has 3 heteroatoms. The standard InChI is InChI=1S/C9H12O3/c1-2-11-9-7(6-3-4-6)5-8(10)12-9/h5-6,9H,2-4H2,1H3. The van der Waals surface area contributed by atoms with E-state index >= 15 is 0 Å². The van der Waals surface area contributed by atoms with Crippen molar-refractivity contribution in [1.29, 1.82) is 0 Å². The van der Waals surface area contributed by atoms with Gasteiger partial charge in [-0.1, -0.05) is 0 Å². The van der Waals surface area contributed by atoms with Crippen molar-refractivity contribution < 1.29 is 14.3 Å². The van der Waals surface area contributed by atoms with Gasteiger partial charge in [0.2, 0.25) is 6.29 Å². The van der Waals surface area contributed by atoms with Gasteiger partial charge in [0.15, 0.2) is 0 Å². The van der Waals surface area contributed by atoms with E-state index in [1.165, 1.54) is 12.8 Å². The number of rotatable bonds is 3. The van der Waals surface area contributed by atoms with Crippen molar-refractivity contribution in [2.45, 2.75) is 26.1 Å². The monoisotopic (exact) mass is 168 g/mol. The van der Waals surface area contributed by atoms with Gasteiger partial charge in [0.1, 0.15) is 0 Å². The Balaban J connectivity index is 2.04. The number of hydrogen-bond donors (Lipinski definition) is 0. The molecule has 2 aliphatic rings. The summed E-state index contributed by atoms with van der Waals surface area (Å²) < 4.78 is 10.2. The van der Waals surface area contributed by atoms with E-state index in [4.69, 9.17) is 9.47 Å². The number of esters is 1. The number of cyclic esters (lactones) is 1. The minimum absolute atomic E-state index is 0.254. The Morgan fingerprint density at radius 3 is 3.00 bits per heavy atom. The lowest BCUT2D eigenvalue weighted by atomic mass is 10.1. The van der Waals surface area contributed by atoms with Crippen LogP contribution in [0.2, 0.25) is 0 Å². The molecule has 1 aliphatic carbocycles. The molecule has 0 aromatic heterocycles. The van der Waals surface area contributed by atoms with Gasteiger partial charge in [-0.3, -0.25) is 0 Å². The first-order valence-electron chi connectivity index (χ1n) is 4.35. The van der Waals surface area contributed by atoms with Gasteiger partial charge in [-0.15, -0.1) is 0 Å². The number of carbonyl (C=O) groups is 1. The smallest absolute Gasteiger partial charge is 0.333 e. The van der Waals surface area contributed by atoms with Crippen LogP contribution in [0, 0.1) is 5.92 Å². The molecule has 1 unspecified atom stereocenters. The van der Waals surface area contributed by atoms with Gasteiger partial charge in [0.05, 0.1) is 0 Å². The summed E-state index contributed by atoms with van der Waals surface area (Å²) in [6.45, 7) is 2.48. The summed E-state index contributed by atoms with van der Waals surface area (Å²) in [7, 11) is 0. The fraction of sp³-hybridized carbons (Fsp3) is 0.667. The molecule has 0 aromatic rings. The molecule has 1 heterocycles. The van der Waals surface area contributed by atoms with E-state index in [0.29, 0.717) is 12.5 Å². The van der Waals surface area contributed by atoms with E-state index in [1.807, 2.05) is 6.92 Å². The molecule has 0 aromatic carbocycles. The van der Waals surface area contributed by atoms with Crippen LogP contribution in [-0.2, 0) is 14.3 Å². The molecule has 1 fully saturated rings. The molecular formula is C9H12O3. The molecular weight excluding hydrogens is 156 g/mol. The lowest BCUT2D eigenvalue weighted by molar-refractivity contribution is -0.158. The van der Waals surface area contributed by atoms with Crippen LogP contribution in [-0.4, -0.2) is 18.9 Å². The number of hydrogen-bond acceptors (Lipinski definition) is 3. The second kappa shape index (κ2) is 2.90. The van der Waals surface area contributed by atoms with Crippen LogP contribution in [0.4, 0.5) is 0 Å². The van der Waals surface area contributed by atoms with Gasteiger partial charge in [0, 0.05) is 18.3 Å². The molecule has 0 radical (unpaired) electrons. The molecule has 1 atom stereocenters. The maximum absolute atomic E-state index is 10.9. The quantitative estimate of drug-likeness (QED) is 0.595. The molecule has 2 rings (SSSR count). The molecule has 0 N–H and O–H groups in total. The summed E-state index contributed by atoms with van der Waals surface area (Å²) in [4.78, 5) is 10.9. The van der Waals surface area contributed by atoms with Gasteiger partial charge in [-0.2, -0.15) is 0 Å². The summed E-state index contributed by atoms with van der Waals surface area (Å²) in [5.74, 6) is 0.295. The van der Waals surface area contributed by atoms with Crippen LogP contribution in [0.15, 0.2) is 11.6 Å². The largest absolute Gasteiger partial charge is 0.428 e. The van der Waals surface area contributed by atoms with E-state index in [-0.39, 0.29) is 12.3 Å². The molecule has 0 saturated heterocycles. The molecule has 66 valence electrons. The molecule has 0 spiro atoms. The van der Waals surface area contributed by atoms with E-state index in [1.54, 1.807) is 6.08 Å². The summed E-state index contributed by atoms with van der Waals surface area (Å²) in [5.41, 5.74) is 1.04. The van der Waals surface area contributed by atoms with Gasteiger partial charge in [-0.05, 0) is 25.7 Å². The van der Waals surface area contributed by atoms with Crippen molar-refractivity contribution in [3.05, 3.63) is 11.6 Å². The number of ether oxygens (including phenoxy) is 2. The van der Waals surface area contributed by atoms with Crippen LogP contribution in [0.25, 0.3) is 0 Å². The van der Waals surface area contributed by atoms with Crippen molar-refractivity contribution in [1.82, 2.24) is 0 Å². The van der Waals surface area contributed by atoms with Gasteiger partial charge in [-0.25, -0.2) is 4.79 Å². The van der Waals surface area contributed by atoms with Crippen LogP contribution in [0.5, 0.6) is 0 Å². The Hall–Kier alpha value is -0.830. The first-order valence-corrected chi connectivity index (χ1v) is 4.35. The van der Waals surface area contributed by atoms with E-state index < -0.39 is 0 Å². The maximum Gasteiger partial charge on any atom is 0.333 e. The minimum Gasteiger partial charge on any atom is -0.428 e. The Morgan fingerprint density at radius 2 is 2.42 bits per heavy atom. The van der Waals surface area contributed by atoms with Crippen LogP contribution in [0.1, 0.15) is 19.8 Å². The first-order chi connectivity index (χ1) is 5.81. The average molecular weight is 168 g/mol. The second-order valence-corrected chi connectivity index (χ2v) is 3.14. The molecule has 1 saturated carbocycles. The van der Waals surface area contributed by atoms with Gasteiger partial charge >= 0.3 is 5.97 Å². The normalized spacial score (nSPS) is 28.6. The van der Waals surface area contributed by atoms with E-state index in [0.717, 1.165) is 5.57 Å². The van der Waals surface area contributed by atoms with Crippen molar-refractivity contribution in [3.63, 3.8) is 0 Å². The highest BCUT2D eigenvalue weighted by Gasteiger charge is 2.37. The lowest BCUT2D eigenvalue weighted by Gasteiger charge is -2.12. The Bertz CT molecular complexity index is 228. The molecule has 1 aliphatic heterocycles. The van der Waals surface area contributed by atoms with Crippen molar-refractivity contribution in [3.8, 4) is 0 Å². The van der Waals surface area contributed by atoms with Crippen molar-refractivity contribution in [2.24, 2.45) is 5.92 Å². The first kappa shape index (κ1) is 7.80. The zero-order valence-corrected chi connectivity index (χ0v) is 7.08. The predicted molar refractivity (Wildman–Crippen MR) is 42.3 cm³/mol. The van der Waals surface area contributed by atoms with E-state index in [2.05, 4.69) is 0 Å². The highest BCUT2D eigenvalue weighted by Crippen LogP contribution is 2.41. The molecule has 0 bridgehead atoms. The average Bonchev–Trinajstić information content (AvgIpc) is 2.79. The van der Waals surface area contributed by atoms with E-state index in [9.17, 15) is 4.79 Å². The Labute approximate surface area is 71.3 Å². The SMILES string of the molecule is CCOC1OC(=O)C=C1C1CC1. The third-order valence-electron chi connectivity index (χ3n) is 2.15.